The summed E-state index contributed by atoms with van der Waals surface area (Å²) in [5.41, 5.74) is 7.56. The van der Waals surface area contributed by atoms with E-state index in [2.05, 4.69) is 10.1 Å². The van der Waals surface area contributed by atoms with Crippen LogP contribution in [0.25, 0.3) is 11.0 Å². The first-order valence-corrected chi connectivity index (χ1v) is 7.51. The number of rotatable bonds is 2. The number of pyridine rings is 1. The van der Waals surface area contributed by atoms with Crippen LogP contribution in [0.3, 0.4) is 0 Å². The van der Waals surface area contributed by atoms with E-state index in [-0.39, 0.29) is 11.8 Å². The summed E-state index contributed by atoms with van der Waals surface area (Å²) in [6.45, 7) is 1.19. The highest BCUT2D eigenvalue weighted by molar-refractivity contribution is 5.95. The Bertz CT molecular complexity index is 699. The van der Waals surface area contributed by atoms with Crippen molar-refractivity contribution in [3.05, 3.63) is 17.8 Å². The van der Waals surface area contributed by atoms with Crippen molar-refractivity contribution in [1.29, 1.82) is 0 Å². The van der Waals surface area contributed by atoms with Crippen molar-refractivity contribution in [3.8, 4) is 0 Å². The van der Waals surface area contributed by atoms with Gasteiger partial charge in [-0.15, -0.1) is 5.10 Å². The summed E-state index contributed by atoms with van der Waals surface area (Å²) in [6, 6.07) is 3.93. The molecule has 2 aromatic heterocycles. The number of nitrogen functional groups attached to an aromatic ring is 1. The quantitative estimate of drug-likeness (QED) is 0.912. The minimum absolute atomic E-state index is 0.0585. The SMILES string of the molecule is Nc1nn(C(=O)C2CCCOC2)c2nc(C3CC3)ccc12. The predicted molar refractivity (Wildman–Crippen MR) is 78.1 cm³/mol. The van der Waals surface area contributed by atoms with E-state index in [0.29, 0.717) is 24.0 Å². The van der Waals surface area contributed by atoms with Crippen LogP contribution in [0.1, 0.15) is 42.1 Å². The van der Waals surface area contributed by atoms with Crippen LogP contribution in [0.5, 0.6) is 0 Å². The highest BCUT2D eigenvalue weighted by Gasteiger charge is 2.29. The third kappa shape index (κ3) is 2.19. The molecule has 3 heterocycles. The number of aromatic nitrogens is 3. The van der Waals surface area contributed by atoms with E-state index in [0.717, 1.165) is 30.5 Å². The summed E-state index contributed by atoms with van der Waals surface area (Å²) in [5.74, 6) is 0.696. The largest absolute Gasteiger partial charge is 0.382 e. The summed E-state index contributed by atoms with van der Waals surface area (Å²) < 4.78 is 6.79. The Labute approximate surface area is 122 Å². The molecule has 2 aliphatic rings. The lowest BCUT2D eigenvalue weighted by molar-refractivity contribution is 0.0395. The smallest absolute Gasteiger partial charge is 0.254 e. The summed E-state index contributed by atoms with van der Waals surface area (Å²) in [4.78, 5) is 17.3. The Balaban J connectivity index is 1.76. The molecule has 1 aliphatic carbocycles. The Morgan fingerprint density at radius 1 is 1.33 bits per heavy atom. The monoisotopic (exact) mass is 286 g/mol. The first-order chi connectivity index (χ1) is 10.2. The number of carbonyl (C=O) groups is 1. The molecule has 21 heavy (non-hydrogen) atoms. The Morgan fingerprint density at radius 2 is 2.19 bits per heavy atom. The molecule has 4 rings (SSSR count). The molecule has 6 nitrogen and oxygen atoms in total. The molecule has 0 spiro atoms. The number of ether oxygens (including phenoxy) is 1. The maximum atomic E-state index is 12.6. The zero-order valence-electron chi connectivity index (χ0n) is 11.8. The highest BCUT2D eigenvalue weighted by Crippen LogP contribution is 2.39. The molecule has 6 heteroatoms. The van der Waals surface area contributed by atoms with Crippen molar-refractivity contribution in [1.82, 2.24) is 14.8 Å². The van der Waals surface area contributed by atoms with Crippen LogP contribution >= 0.6 is 0 Å². The van der Waals surface area contributed by atoms with Crippen LogP contribution in [-0.2, 0) is 4.74 Å². The minimum atomic E-state index is -0.146. The van der Waals surface area contributed by atoms with Gasteiger partial charge in [0.2, 0.25) is 0 Å². The van der Waals surface area contributed by atoms with Gasteiger partial charge in [-0.05, 0) is 37.8 Å². The van der Waals surface area contributed by atoms with Crippen LogP contribution < -0.4 is 5.73 Å². The van der Waals surface area contributed by atoms with Crippen LogP contribution in [0.2, 0.25) is 0 Å². The minimum Gasteiger partial charge on any atom is -0.382 e. The van der Waals surface area contributed by atoms with Crippen LogP contribution in [-0.4, -0.2) is 33.9 Å². The predicted octanol–water partition coefficient (Wildman–Crippen LogP) is 1.96. The van der Waals surface area contributed by atoms with Gasteiger partial charge in [0.1, 0.15) is 0 Å². The van der Waals surface area contributed by atoms with Gasteiger partial charge in [-0.2, -0.15) is 4.68 Å². The standard InChI is InChI=1S/C15H18N4O2/c16-13-11-5-6-12(9-3-4-9)17-14(11)19(18-13)15(20)10-2-1-7-21-8-10/h5-6,9-10H,1-4,7-8H2,(H2,16,18). The fraction of sp³-hybridized carbons (Fsp3) is 0.533. The van der Waals surface area contributed by atoms with Crippen molar-refractivity contribution >= 4 is 22.8 Å². The molecule has 1 saturated carbocycles. The van der Waals surface area contributed by atoms with E-state index in [9.17, 15) is 4.79 Å². The van der Waals surface area contributed by atoms with Gasteiger partial charge in [0.25, 0.3) is 5.91 Å². The Morgan fingerprint density at radius 3 is 2.90 bits per heavy atom. The molecule has 2 N–H and O–H groups in total. The van der Waals surface area contributed by atoms with Gasteiger partial charge in [-0.3, -0.25) is 4.79 Å². The topological polar surface area (TPSA) is 83.0 Å². The van der Waals surface area contributed by atoms with Crippen molar-refractivity contribution in [2.75, 3.05) is 18.9 Å². The highest BCUT2D eigenvalue weighted by atomic mass is 16.5. The fourth-order valence-corrected chi connectivity index (χ4v) is 2.90. The van der Waals surface area contributed by atoms with Crippen LogP contribution in [0, 0.1) is 5.92 Å². The molecule has 1 unspecified atom stereocenters. The zero-order valence-corrected chi connectivity index (χ0v) is 11.8. The van der Waals surface area contributed by atoms with Gasteiger partial charge < -0.3 is 10.5 Å². The second-order valence-electron chi connectivity index (χ2n) is 5.93. The molecular weight excluding hydrogens is 268 g/mol. The molecule has 0 bridgehead atoms. The lowest BCUT2D eigenvalue weighted by Gasteiger charge is -2.20. The van der Waals surface area contributed by atoms with Gasteiger partial charge in [-0.25, -0.2) is 4.98 Å². The van der Waals surface area contributed by atoms with E-state index in [1.807, 2.05) is 12.1 Å². The molecule has 2 aromatic rings. The van der Waals surface area contributed by atoms with E-state index in [1.54, 1.807) is 0 Å². The second kappa shape index (κ2) is 4.80. The number of hydrogen-bond donors (Lipinski definition) is 1. The number of carbonyl (C=O) groups excluding carboxylic acids is 1. The molecule has 2 fully saturated rings. The molecule has 0 amide bonds. The van der Waals surface area contributed by atoms with Gasteiger partial charge >= 0.3 is 0 Å². The summed E-state index contributed by atoms with van der Waals surface area (Å²) >= 11 is 0. The summed E-state index contributed by atoms with van der Waals surface area (Å²) in [7, 11) is 0. The van der Waals surface area contributed by atoms with E-state index >= 15 is 0 Å². The molecule has 0 radical (unpaired) electrons. The van der Waals surface area contributed by atoms with Crippen molar-refractivity contribution in [2.45, 2.75) is 31.6 Å². The molecule has 1 saturated heterocycles. The van der Waals surface area contributed by atoms with Crippen molar-refractivity contribution in [2.24, 2.45) is 5.92 Å². The molecule has 0 aromatic carbocycles. The lowest BCUT2D eigenvalue weighted by Crippen LogP contribution is -2.30. The van der Waals surface area contributed by atoms with E-state index < -0.39 is 0 Å². The van der Waals surface area contributed by atoms with Crippen LogP contribution in [0.15, 0.2) is 12.1 Å². The Kier molecular flexibility index (Phi) is 2.92. The maximum Gasteiger partial charge on any atom is 0.254 e. The van der Waals surface area contributed by atoms with Gasteiger partial charge in [0, 0.05) is 18.2 Å². The fourth-order valence-electron chi connectivity index (χ4n) is 2.90. The molecular formula is C15H18N4O2. The summed E-state index contributed by atoms with van der Waals surface area (Å²) in [5, 5.41) is 4.97. The molecule has 1 aliphatic heterocycles. The van der Waals surface area contributed by atoms with Gasteiger partial charge in [-0.1, -0.05) is 0 Å². The van der Waals surface area contributed by atoms with Crippen molar-refractivity contribution < 1.29 is 9.53 Å². The summed E-state index contributed by atoms with van der Waals surface area (Å²) in [6.07, 6.45) is 4.09. The molecule has 110 valence electrons. The van der Waals surface area contributed by atoms with Crippen molar-refractivity contribution in [3.63, 3.8) is 0 Å². The van der Waals surface area contributed by atoms with E-state index in [1.165, 1.54) is 17.5 Å². The molecule has 1 atom stereocenters. The average Bonchev–Trinajstić information content (AvgIpc) is 3.32. The zero-order chi connectivity index (χ0) is 14.4. The second-order valence-corrected chi connectivity index (χ2v) is 5.93. The lowest BCUT2D eigenvalue weighted by atomic mass is 10.0. The van der Waals surface area contributed by atoms with Gasteiger partial charge in [0.15, 0.2) is 11.5 Å². The third-order valence-corrected chi connectivity index (χ3v) is 4.29. The number of nitrogens with zero attached hydrogens (tertiary/aromatic N) is 3. The van der Waals surface area contributed by atoms with E-state index in [4.69, 9.17) is 10.5 Å². The number of nitrogens with two attached hydrogens (primary N) is 1. The first kappa shape index (κ1) is 12.8. The van der Waals surface area contributed by atoms with Crippen LogP contribution in [0.4, 0.5) is 5.82 Å². The average molecular weight is 286 g/mol. The first-order valence-electron chi connectivity index (χ1n) is 7.51. The normalized spacial score (nSPS) is 22.6. The number of anilines is 1. The maximum absolute atomic E-state index is 12.6. The third-order valence-electron chi connectivity index (χ3n) is 4.29. The Hall–Kier alpha value is -1.95. The number of fused-ring (bicyclic) bond motifs is 1. The van der Waals surface area contributed by atoms with Gasteiger partial charge in [0.05, 0.1) is 17.9 Å². The number of hydrogen-bond acceptors (Lipinski definition) is 5.